The van der Waals surface area contributed by atoms with Crippen LogP contribution in [0.25, 0.3) is 0 Å². The molecule has 0 saturated carbocycles. The van der Waals surface area contributed by atoms with Crippen LogP contribution in [0.5, 0.6) is 0 Å². The maximum atomic E-state index is 13.3. The van der Waals surface area contributed by atoms with E-state index in [0.717, 1.165) is 4.31 Å². The van der Waals surface area contributed by atoms with Crippen LogP contribution < -0.4 is 5.32 Å². The first kappa shape index (κ1) is 24.5. The standard InChI is InChI=1S/C21H21Cl3N4O3S/c22-17-4-6-19(7-5-17)32(30,31)28(13-16-2-3-18(23)12-20(16)24)14-21(29)26-8-1-10-27-11-9-25-15-27/h2-7,9,11-12,15H,1,8,10,13-14H2,(H,26,29). The molecule has 32 heavy (non-hydrogen) atoms. The summed E-state index contributed by atoms with van der Waals surface area (Å²) in [7, 11) is -3.99. The van der Waals surface area contributed by atoms with Crippen molar-refractivity contribution in [2.75, 3.05) is 13.1 Å². The Kier molecular flexibility index (Phi) is 8.56. The molecule has 0 aliphatic rings. The Bertz CT molecular complexity index is 1150. The van der Waals surface area contributed by atoms with Gasteiger partial charge in [-0.3, -0.25) is 4.79 Å². The van der Waals surface area contributed by atoms with E-state index in [1.807, 2.05) is 10.8 Å². The molecule has 0 aliphatic heterocycles. The summed E-state index contributed by atoms with van der Waals surface area (Å²) < 4.78 is 29.5. The molecule has 0 spiro atoms. The summed E-state index contributed by atoms with van der Waals surface area (Å²) in [6, 6.07) is 10.6. The monoisotopic (exact) mass is 514 g/mol. The molecule has 0 bridgehead atoms. The van der Waals surface area contributed by atoms with Gasteiger partial charge in [0.2, 0.25) is 15.9 Å². The van der Waals surface area contributed by atoms with Gasteiger partial charge < -0.3 is 9.88 Å². The number of hydrogen-bond donors (Lipinski definition) is 1. The lowest BCUT2D eigenvalue weighted by atomic mass is 10.2. The molecule has 0 aliphatic carbocycles. The first-order chi connectivity index (χ1) is 15.3. The van der Waals surface area contributed by atoms with E-state index in [2.05, 4.69) is 10.3 Å². The number of sulfonamides is 1. The van der Waals surface area contributed by atoms with Gasteiger partial charge >= 0.3 is 0 Å². The molecule has 0 unspecified atom stereocenters. The SMILES string of the molecule is O=C(CN(Cc1ccc(Cl)cc1Cl)S(=O)(=O)c1ccc(Cl)cc1)NCCCn1ccnc1. The lowest BCUT2D eigenvalue weighted by Crippen LogP contribution is -2.40. The van der Waals surface area contributed by atoms with Gasteiger partial charge in [0.15, 0.2) is 0 Å². The number of imidazole rings is 1. The largest absolute Gasteiger partial charge is 0.355 e. The highest BCUT2D eigenvalue weighted by atomic mass is 35.5. The highest BCUT2D eigenvalue weighted by Crippen LogP contribution is 2.25. The van der Waals surface area contributed by atoms with Crippen LogP contribution in [0, 0.1) is 0 Å². The van der Waals surface area contributed by atoms with E-state index in [4.69, 9.17) is 34.8 Å². The van der Waals surface area contributed by atoms with Gasteiger partial charge in [-0.1, -0.05) is 40.9 Å². The average molecular weight is 516 g/mol. The van der Waals surface area contributed by atoms with E-state index in [-0.39, 0.29) is 18.0 Å². The van der Waals surface area contributed by atoms with Gasteiger partial charge in [0.25, 0.3) is 0 Å². The number of carbonyl (C=O) groups excluding carboxylic acids is 1. The quantitative estimate of drug-likeness (QED) is 0.409. The van der Waals surface area contributed by atoms with E-state index >= 15 is 0 Å². The van der Waals surface area contributed by atoms with Gasteiger partial charge in [-0.05, 0) is 48.4 Å². The molecule has 0 radical (unpaired) electrons. The maximum Gasteiger partial charge on any atom is 0.243 e. The topological polar surface area (TPSA) is 84.3 Å². The molecule has 1 N–H and O–H groups in total. The van der Waals surface area contributed by atoms with E-state index in [9.17, 15) is 13.2 Å². The number of nitrogens with zero attached hydrogens (tertiary/aromatic N) is 3. The number of amides is 1. The Balaban J connectivity index is 1.73. The van der Waals surface area contributed by atoms with E-state index in [1.54, 1.807) is 24.7 Å². The van der Waals surface area contributed by atoms with Gasteiger partial charge in [0.05, 0.1) is 17.8 Å². The third-order valence-electron chi connectivity index (χ3n) is 4.61. The van der Waals surface area contributed by atoms with Crippen LogP contribution in [0.2, 0.25) is 15.1 Å². The molecule has 3 rings (SSSR count). The van der Waals surface area contributed by atoms with E-state index in [0.29, 0.717) is 40.1 Å². The molecule has 11 heteroatoms. The second-order valence-corrected chi connectivity index (χ2v) is 10.2. The summed E-state index contributed by atoms with van der Waals surface area (Å²) in [4.78, 5) is 16.6. The zero-order valence-corrected chi connectivity index (χ0v) is 20.0. The average Bonchev–Trinajstić information content (AvgIpc) is 3.26. The third-order valence-corrected chi connectivity index (χ3v) is 7.25. The van der Waals surface area contributed by atoms with Crippen LogP contribution in [0.3, 0.4) is 0 Å². The number of rotatable bonds is 10. The van der Waals surface area contributed by atoms with Crippen molar-refractivity contribution >= 4 is 50.7 Å². The Morgan fingerprint density at radius 1 is 1.06 bits per heavy atom. The lowest BCUT2D eigenvalue weighted by Gasteiger charge is -2.22. The minimum Gasteiger partial charge on any atom is -0.355 e. The third kappa shape index (κ3) is 6.70. The smallest absolute Gasteiger partial charge is 0.243 e. The predicted octanol–water partition coefficient (Wildman–Crippen LogP) is 4.24. The number of nitrogens with one attached hydrogen (secondary N) is 1. The van der Waals surface area contributed by atoms with Crippen molar-refractivity contribution in [2.45, 2.75) is 24.4 Å². The van der Waals surface area contributed by atoms with Crippen molar-refractivity contribution in [3.8, 4) is 0 Å². The molecule has 1 heterocycles. The van der Waals surface area contributed by atoms with Crippen molar-refractivity contribution in [1.82, 2.24) is 19.2 Å². The normalized spacial score (nSPS) is 11.6. The van der Waals surface area contributed by atoms with Crippen molar-refractivity contribution in [1.29, 1.82) is 0 Å². The molecule has 2 aromatic carbocycles. The Labute approximate surface area is 202 Å². The number of aromatic nitrogens is 2. The molecule has 0 saturated heterocycles. The minimum absolute atomic E-state index is 0.0277. The molecule has 1 aromatic heterocycles. The van der Waals surface area contributed by atoms with Crippen LogP contribution in [0.1, 0.15) is 12.0 Å². The van der Waals surface area contributed by atoms with Crippen LogP contribution in [-0.4, -0.2) is 41.3 Å². The molecule has 170 valence electrons. The summed E-state index contributed by atoms with van der Waals surface area (Å²) in [6.45, 7) is 0.624. The fraction of sp³-hybridized carbons (Fsp3) is 0.238. The number of hydrogen-bond acceptors (Lipinski definition) is 4. The van der Waals surface area contributed by atoms with Crippen LogP contribution in [0.15, 0.2) is 66.1 Å². The summed E-state index contributed by atoms with van der Waals surface area (Å²) >= 11 is 18.1. The Hall–Kier alpha value is -2.10. The minimum atomic E-state index is -3.99. The van der Waals surface area contributed by atoms with Crippen molar-refractivity contribution in [3.63, 3.8) is 0 Å². The highest BCUT2D eigenvalue weighted by molar-refractivity contribution is 7.89. The zero-order chi connectivity index (χ0) is 23.1. The molecule has 0 fully saturated rings. The number of benzene rings is 2. The molecule has 0 atom stereocenters. The predicted molar refractivity (Wildman–Crippen MR) is 125 cm³/mol. The zero-order valence-electron chi connectivity index (χ0n) is 16.9. The van der Waals surface area contributed by atoms with Crippen molar-refractivity contribution in [3.05, 3.63) is 81.8 Å². The number of aryl methyl sites for hydroxylation is 1. The first-order valence-corrected chi connectivity index (χ1v) is 12.2. The molecular weight excluding hydrogens is 495 g/mol. The molecular formula is C21H21Cl3N4O3S. The molecule has 7 nitrogen and oxygen atoms in total. The Morgan fingerprint density at radius 2 is 1.78 bits per heavy atom. The van der Waals surface area contributed by atoms with Crippen molar-refractivity contribution in [2.24, 2.45) is 0 Å². The van der Waals surface area contributed by atoms with Crippen molar-refractivity contribution < 1.29 is 13.2 Å². The summed E-state index contributed by atoms with van der Waals surface area (Å²) in [5.41, 5.74) is 0.529. The second kappa shape index (κ2) is 11.2. The molecule has 3 aromatic rings. The Morgan fingerprint density at radius 3 is 2.44 bits per heavy atom. The second-order valence-electron chi connectivity index (χ2n) is 6.97. The molecule has 1 amide bonds. The van der Waals surface area contributed by atoms with Gasteiger partial charge in [0.1, 0.15) is 0 Å². The summed E-state index contributed by atoms with van der Waals surface area (Å²) in [6.07, 6.45) is 5.88. The summed E-state index contributed by atoms with van der Waals surface area (Å²) in [5.74, 6) is -0.418. The lowest BCUT2D eigenvalue weighted by molar-refractivity contribution is -0.121. The highest BCUT2D eigenvalue weighted by Gasteiger charge is 2.27. The van der Waals surface area contributed by atoms with E-state index in [1.165, 1.54) is 30.3 Å². The fourth-order valence-electron chi connectivity index (χ4n) is 2.95. The van der Waals surface area contributed by atoms with Gasteiger partial charge in [-0.15, -0.1) is 0 Å². The van der Waals surface area contributed by atoms with Gasteiger partial charge in [0, 0.05) is 47.1 Å². The maximum absolute atomic E-state index is 13.3. The van der Waals surface area contributed by atoms with Gasteiger partial charge in [-0.2, -0.15) is 4.31 Å². The first-order valence-electron chi connectivity index (χ1n) is 9.68. The van der Waals surface area contributed by atoms with E-state index < -0.39 is 15.9 Å². The number of carbonyl (C=O) groups is 1. The fourth-order valence-corrected chi connectivity index (χ4v) is 4.91. The van der Waals surface area contributed by atoms with Crippen LogP contribution in [0.4, 0.5) is 0 Å². The van der Waals surface area contributed by atoms with Crippen LogP contribution >= 0.6 is 34.8 Å². The number of halogens is 3. The van der Waals surface area contributed by atoms with Crippen LogP contribution in [-0.2, 0) is 27.9 Å². The van der Waals surface area contributed by atoms with Gasteiger partial charge in [-0.25, -0.2) is 13.4 Å². The summed E-state index contributed by atoms with van der Waals surface area (Å²) in [5, 5.41) is 3.92.